The molecule has 0 aromatic rings. The van der Waals surface area contributed by atoms with Crippen LogP contribution in [0.1, 0.15) is 25.7 Å². The maximum Gasteiger partial charge on any atom is 0.210 e. The fourth-order valence-corrected chi connectivity index (χ4v) is 4.01. The van der Waals surface area contributed by atoms with Crippen LogP contribution in [0.2, 0.25) is 13.1 Å². The van der Waals surface area contributed by atoms with Crippen LogP contribution in [0, 0.1) is 0 Å². The van der Waals surface area contributed by atoms with Crippen molar-refractivity contribution >= 4 is 30.9 Å². The Hall–Kier alpha value is 0.647. The van der Waals surface area contributed by atoms with Crippen molar-refractivity contribution in [2.24, 2.45) is 0 Å². The topological polar surface area (TPSA) is 9.23 Å². The average Bonchev–Trinajstić information content (AvgIpc) is 2.09. The molecule has 13 heavy (non-hydrogen) atoms. The Morgan fingerprint density at radius 2 is 2.00 bits per heavy atom. The van der Waals surface area contributed by atoms with Crippen molar-refractivity contribution in [2.45, 2.75) is 48.8 Å². The summed E-state index contributed by atoms with van der Waals surface area (Å²) in [4.78, 5) is 0. The lowest BCUT2D eigenvalue weighted by Crippen LogP contribution is -2.39. The van der Waals surface area contributed by atoms with E-state index in [-0.39, 0.29) is 0 Å². The van der Waals surface area contributed by atoms with Crippen LogP contribution in [0.3, 0.4) is 0 Å². The van der Waals surface area contributed by atoms with Gasteiger partial charge in [0, 0.05) is 3.92 Å². The SMILES string of the molecule is C=C[Si](C)(C)O[C@H]1CCCC[C@@H]1I. The number of hydrogen-bond donors (Lipinski definition) is 0. The number of halogens is 1. The first-order valence-corrected chi connectivity index (χ1v) is 9.24. The van der Waals surface area contributed by atoms with E-state index in [9.17, 15) is 0 Å². The predicted octanol–water partition coefficient (Wildman–Crippen LogP) is 3.68. The van der Waals surface area contributed by atoms with Crippen molar-refractivity contribution in [1.82, 2.24) is 0 Å². The summed E-state index contributed by atoms with van der Waals surface area (Å²) < 4.78 is 6.87. The summed E-state index contributed by atoms with van der Waals surface area (Å²) >= 11 is 2.54. The Labute approximate surface area is 96.2 Å². The van der Waals surface area contributed by atoms with Crippen molar-refractivity contribution in [1.29, 1.82) is 0 Å². The molecule has 1 fully saturated rings. The second-order valence-corrected chi connectivity index (χ2v) is 9.72. The molecule has 0 amide bonds. The Balaban J connectivity index is 2.46. The van der Waals surface area contributed by atoms with Crippen LogP contribution in [-0.4, -0.2) is 18.3 Å². The molecule has 76 valence electrons. The van der Waals surface area contributed by atoms with Crippen molar-refractivity contribution in [3.63, 3.8) is 0 Å². The molecule has 3 heteroatoms. The summed E-state index contributed by atoms with van der Waals surface area (Å²) in [5, 5.41) is 0. The van der Waals surface area contributed by atoms with Crippen LogP contribution in [0.5, 0.6) is 0 Å². The van der Waals surface area contributed by atoms with Gasteiger partial charge < -0.3 is 4.43 Å². The van der Waals surface area contributed by atoms with Gasteiger partial charge in [-0.1, -0.05) is 41.1 Å². The first kappa shape index (κ1) is 11.7. The minimum atomic E-state index is -1.55. The maximum atomic E-state index is 6.15. The molecular formula is C10H19IOSi. The third-order valence-electron chi connectivity index (χ3n) is 2.57. The van der Waals surface area contributed by atoms with Gasteiger partial charge in [-0.3, -0.25) is 0 Å². The summed E-state index contributed by atoms with van der Waals surface area (Å²) in [5.74, 6) is 0. The second-order valence-electron chi connectivity index (χ2n) is 4.26. The lowest BCUT2D eigenvalue weighted by atomic mass is 9.98. The molecule has 0 aromatic heterocycles. The molecule has 0 bridgehead atoms. The molecular weight excluding hydrogens is 291 g/mol. The molecule has 0 N–H and O–H groups in total. The van der Waals surface area contributed by atoms with Crippen molar-refractivity contribution < 1.29 is 4.43 Å². The van der Waals surface area contributed by atoms with E-state index in [2.05, 4.69) is 42.3 Å². The molecule has 0 spiro atoms. The van der Waals surface area contributed by atoms with Gasteiger partial charge in [0.15, 0.2) is 0 Å². The fraction of sp³-hybridized carbons (Fsp3) is 0.800. The Kier molecular flexibility index (Phi) is 4.45. The summed E-state index contributed by atoms with van der Waals surface area (Å²) in [5.41, 5.74) is 2.03. The van der Waals surface area contributed by atoms with Crippen molar-refractivity contribution in [2.75, 3.05) is 0 Å². The second kappa shape index (κ2) is 4.93. The van der Waals surface area contributed by atoms with Crippen molar-refractivity contribution in [3.05, 3.63) is 12.3 Å². The minimum absolute atomic E-state index is 0.494. The van der Waals surface area contributed by atoms with E-state index >= 15 is 0 Å². The molecule has 0 aromatic carbocycles. The Morgan fingerprint density at radius 3 is 2.54 bits per heavy atom. The molecule has 1 saturated carbocycles. The third-order valence-corrected chi connectivity index (χ3v) is 5.89. The quantitative estimate of drug-likeness (QED) is 0.439. The van der Waals surface area contributed by atoms with Gasteiger partial charge in [-0.05, 0) is 25.9 Å². The third kappa shape index (κ3) is 3.71. The molecule has 0 saturated heterocycles. The predicted molar refractivity (Wildman–Crippen MR) is 68.8 cm³/mol. The van der Waals surface area contributed by atoms with Gasteiger partial charge in [0.1, 0.15) is 0 Å². The highest BCUT2D eigenvalue weighted by Gasteiger charge is 2.29. The van der Waals surface area contributed by atoms with Crippen LogP contribution >= 0.6 is 22.6 Å². The number of hydrogen-bond acceptors (Lipinski definition) is 1. The fourth-order valence-electron chi connectivity index (χ4n) is 1.62. The van der Waals surface area contributed by atoms with E-state index in [0.717, 1.165) is 3.92 Å². The smallest absolute Gasteiger partial charge is 0.210 e. The van der Waals surface area contributed by atoms with E-state index in [0.29, 0.717) is 6.10 Å². The zero-order chi connectivity index (χ0) is 9.90. The zero-order valence-corrected chi connectivity index (χ0v) is 11.7. The van der Waals surface area contributed by atoms with E-state index in [1.54, 1.807) is 0 Å². The molecule has 0 radical (unpaired) electrons. The largest absolute Gasteiger partial charge is 0.410 e. The lowest BCUT2D eigenvalue weighted by molar-refractivity contribution is 0.162. The van der Waals surface area contributed by atoms with Gasteiger partial charge in [-0.15, -0.1) is 6.58 Å². The minimum Gasteiger partial charge on any atom is -0.410 e. The van der Waals surface area contributed by atoms with E-state index in [1.165, 1.54) is 25.7 Å². The van der Waals surface area contributed by atoms with Crippen LogP contribution in [0.15, 0.2) is 12.3 Å². The van der Waals surface area contributed by atoms with Gasteiger partial charge in [0.25, 0.3) is 0 Å². The first-order chi connectivity index (χ1) is 6.05. The van der Waals surface area contributed by atoms with E-state index < -0.39 is 8.32 Å². The summed E-state index contributed by atoms with van der Waals surface area (Å²) in [6.07, 6.45) is 5.79. The average molecular weight is 310 g/mol. The monoisotopic (exact) mass is 310 g/mol. The van der Waals surface area contributed by atoms with Crippen LogP contribution in [-0.2, 0) is 4.43 Å². The summed E-state index contributed by atoms with van der Waals surface area (Å²) in [6, 6.07) is 0. The first-order valence-electron chi connectivity index (χ1n) is 5.00. The van der Waals surface area contributed by atoms with Crippen LogP contribution < -0.4 is 0 Å². The standard InChI is InChI=1S/C10H19IOSi/c1-4-13(2,3)12-10-8-6-5-7-9(10)11/h4,9-10H,1,5-8H2,2-3H3/t9-,10-/m0/s1. The summed E-state index contributed by atoms with van der Waals surface area (Å²) in [7, 11) is -1.55. The van der Waals surface area contributed by atoms with Gasteiger partial charge in [0.2, 0.25) is 8.32 Å². The Bertz CT molecular complexity index is 182. The van der Waals surface area contributed by atoms with Crippen LogP contribution in [0.4, 0.5) is 0 Å². The van der Waals surface area contributed by atoms with Gasteiger partial charge >= 0.3 is 0 Å². The van der Waals surface area contributed by atoms with Crippen LogP contribution in [0.25, 0.3) is 0 Å². The molecule has 2 atom stereocenters. The summed E-state index contributed by atoms with van der Waals surface area (Å²) in [6.45, 7) is 8.30. The molecule has 0 aliphatic heterocycles. The zero-order valence-electron chi connectivity index (χ0n) is 8.55. The molecule has 0 unspecified atom stereocenters. The van der Waals surface area contributed by atoms with Gasteiger partial charge in [0.05, 0.1) is 6.10 Å². The molecule has 1 nitrogen and oxygen atoms in total. The highest BCUT2D eigenvalue weighted by atomic mass is 127. The number of rotatable bonds is 3. The van der Waals surface area contributed by atoms with Gasteiger partial charge in [-0.2, -0.15) is 0 Å². The highest BCUT2D eigenvalue weighted by Crippen LogP contribution is 2.29. The molecule has 1 rings (SSSR count). The lowest BCUT2D eigenvalue weighted by Gasteiger charge is -2.33. The molecule has 1 aliphatic carbocycles. The normalized spacial score (nSPS) is 30.1. The number of alkyl halides is 1. The van der Waals surface area contributed by atoms with Crippen molar-refractivity contribution in [3.8, 4) is 0 Å². The van der Waals surface area contributed by atoms with Gasteiger partial charge in [-0.25, -0.2) is 0 Å². The molecule has 1 aliphatic rings. The highest BCUT2D eigenvalue weighted by molar-refractivity contribution is 14.1. The Morgan fingerprint density at radius 1 is 1.38 bits per heavy atom. The maximum absolute atomic E-state index is 6.15. The van der Waals surface area contributed by atoms with E-state index in [4.69, 9.17) is 4.43 Å². The molecule has 0 heterocycles. The van der Waals surface area contributed by atoms with E-state index in [1.807, 2.05) is 5.70 Å².